The van der Waals surface area contributed by atoms with E-state index >= 15 is 0 Å². The van der Waals surface area contributed by atoms with Crippen LogP contribution in [-0.4, -0.2) is 30.8 Å². The summed E-state index contributed by atoms with van der Waals surface area (Å²) in [6, 6.07) is 9.78. The highest BCUT2D eigenvalue weighted by atomic mass is 16.5. The van der Waals surface area contributed by atoms with Gasteiger partial charge in [0.2, 0.25) is 5.88 Å². The Morgan fingerprint density at radius 3 is 2.73 bits per heavy atom. The van der Waals surface area contributed by atoms with Gasteiger partial charge in [-0.3, -0.25) is 0 Å². The third kappa shape index (κ3) is 5.27. The molecule has 5 N–H and O–H groups in total. The molecule has 26 heavy (non-hydrogen) atoms. The number of pyridine rings is 1. The maximum atomic E-state index is 10.6. The number of unbranched alkanes of at least 4 members (excludes halogenated alkanes) is 1. The van der Waals surface area contributed by atoms with Gasteiger partial charge in [-0.05, 0) is 44.4 Å². The molecule has 0 aliphatic carbocycles. The largest absolute Gasteiger partial charge is 0.481 e. The number of ether oxygens (including phenoxy) is 2. The molecular weight excluding hydrogens is 332 g/mol. The molecule has 1 aromatic carbocycles. The SMILES string of the molecule is COc1ncccc1-c1cccc(N)c1NC(C)CCCCOC(N)=O. The number of para-hydroxylation sites is 1. The van der Waals surface area contributed by atoms with E-state index in [1.165, 1.54) is 0 Å². The predicted molar refractivity (Wildman–Crippen MR) is 103 cm³/mol. The van der Waals surface area contributed by atoms with Gasteiger partial charge in [-0.15, -0.1) is 0 Å². The molecule has 7 heteroatoms. The molecule has 1 unspecified atom stereocenters. The number of nitrogens with two attached hydrogens (primary N) is 2. The molecule has 0 aliphatic rings. The number of hydrogen-bond acceptors (Lipinski definition) is 6. The van der Waals surface area contributed by atoms with E-state index in [0.717, 1.165) is 36.1 Å². The topological polar surface area (TPSA) is 112 Å². The maximum absolute atomic E-state index is 10.6. The fourth-order valence-electron chi connectivity index (χ4n) is 2.76. The molecule has 0 radical (unpaired) electrons. The van der Waals surface area contributed by atoms with Crippen molar-refractivity contribution in [2.24, 2.45) is 5.73 Å². The first-order valence-electron chi connectivity index (χ1n) is 8.59. The first-order valence-corrected chi connectivity index (χ1v) is 8.59. The van der Waals surface area contributed by atoms with Crippen molar-refractivity contribution in [3.05, 3.63) is 36.5 Å². The minimum absolute atomic E-state index is 0.190. The molecule has 0 spiro atoms. The van der Waals surface area contributed by atoms with Crippen molar-refractivity contribution in [2.75, 3.05) is 24.8 Å². The van der Waals surface area contributed by atoms with E-state index in [9.17, 15) is 4.79 Å². The van der Waals surface area contributed by atoms with E-state index < -0.39 is 6.09 Å². The van der Waals surface area contributed by atoms with Crippen LogP contribution in [0.15, 0.2) is 36.5 Å². The number of nitrogen functional groups attached to an aromatic ring is 1. The van der Waals surface area contributed by atoms with Crippen LogP contribution in [0.3, 0.4) is 0 Å². The van der Waals surface area contributed by atoms with Gasteiger partial charge in [-0.25, -0.2) is 9.78 Å². The van der Waals surface area contributed by atoms with E-state index in [0.29, 0.717) is 18.2 Å². The number of aromatic nitrogens is 1. The Morgan fingerprint density at radius 1 is 1.23 bits per heavy atom. The van der Waals surface area contributed by atoms with E-state index in [2.05, 4.69) is 17.2 Å². The van der Waals surface area contributed by atoms with Gasteiger partial charge in [0.15, 0.2) is 0 Å². The van der Waals surface area contributed by atoms with Gasteiger partial charge in [0.25, 0.3) is 0 Å². The number of nitrogens with one attached hydrogen (secondary N) is 1. The Kier molecular flexibility index (Phi) is 7.08. The minimum atomic E-state index is -0.733. The third-order valence-electron chi connectivity index (χ3n) is 4.02. The van der Waals surface area contributed by atoms with Crippen LogP contribution in [0.4, 0.5) is 16.2 Å². The molecule has 0 bridgehead atoms. The monoisotopic (exact) mass is 358 g/mol. The molecule has 0 aliphatic heterocycles. The summed E-state index contributed by atoms with van der Waals surface area (Å²) >= 11 is 0. The van der Waals surface area contributed by atoms with Crippen LogP contribution in [-0.2, 0) is 4.74 Å². The summed E-state index contributed by atoms with van der Waals surface area (Å²) in [6.07, 6.45) is 3.53. The number of nitrogens with zero attached hydrogens (tertiary/aromatic N) is 1. The lowest BCUT2D eigenvalue weighted by molar-refractivity contribution is 0.154. The molecule has 0 saturated heterocycles. The van der Waals surface area contributed by atoms with Crippen LogP contribution in [0.25, 0.3) is 11.1 Å². The van der Waals surface area contributed by atoms with E-state index in [4.69, 9.17) is 20.9 Å². The predicted octanol–water partition coefficient (Wildman–Crippen LogP) is 3.41. The second kappa shape index (κ2) is 9.50. The molecule has 2 aromatic rings. The Morgan fingerprint density at radius 2 is 2.00 bits per heavy atom. The molecule has 0 fully saturated rings. The lowest BCUT2D eigenvalue weighted by Crippen LogP contribution is -2.18. The van der Waals surface area contributed by atoms with Crippen molar-refractivity contribution in [3.63, 3.8) is 0 Å². The Labute approximate surface area is 153 Å². The normalized spacial score (nSPS) is 11.6. The van der Waals surface area contributed by atoms with Crippen molar-refractivity contribution in [3.8, 4) is 17.0 Å². The Balaban J connectivity index is 2.08. The van der Waals surface area contributed by atoms with E-state index in [1.807, 2.05) is 30.3 Å². The zero-order valence-electron chi connectivity index (χ0n) is 15.2. The molecular formula is C19H26N4O3. The average molecular weight is 358 g/mol. The number of methoxy groups -OCH3 is 1. The lowest BCUT2D eigenvalue weighted by Gasteiger charge is -2.20. The van der Waals surface area contributed by atoms with Gasteiger partial charge in [0, 0.05) is 23.4 Å². The summed E-state index contributed by atoms with van der Waals surface area (Å²) in [4.78, 5) is 14.8. The number of primary amides is 1. The van der Waals surface area contributed by atoms with Crippen molar-refractivity contribution >= 4 is 17.5 Å². The summed E-state index contributed by atoms with van der Waals surface area (Å²) in [5, 5.41) is 3.49. The number of rotatable bonds is 9. The average Bonchev–Trinajstić information content (AvgIpc) is 2.63. The summed E-state index contributed by atoms with van der Waals surface area (Å²) in [6.45, 7) is 2.43. The number of amides is 1. The van der Waals surface area contributed by atoms with Gasteiger partial charge in [0.05, 0.1) is 25.1 Å². The molecule has 1 heterocycles. The van der Waals surface area contributed by atoms with Crippen molar-refractivity contribution in [1.29, 1.82) is 0 Å². The molecule has 1 aromatic heterocycles. The van der Waals surface area contributed by atoms with Crippen molar-refractivity contribution in [1.82, 2.24) is 4.98 Å². The number of hydrogen-bond donors (Lipinski definition) is 3. The van der Waals surface area contributed by atoms with Gasteiger partial charge in [0.1, 0.15) is 0 Å². The lowest BCUT2D eigenvalue weighted by atomic mass is 10.0. The van der Waals surface area contributed by atoms with Crippen LogP contribution in [0, 0.1) is 0 Å². The zero-order valence-corrected chi connectivity index (χ0v) is 15.2. The van der Waals surface area contributed by atoms with Gasteiger partial charge in [-0.2, -0.15) is 0 Å². The summed E-state index contributed by atoms with van der Waals surface area (Å²) in [7, 11) is 1.60. The second-order valence-electron chi connectivity index (χ2n) is 6.04. The molecule has 1 atom stereocenters. The van der Waals surface area contributed by atoms with Gasteiger partial charge < -0.3 is 26.3 Å². The summed E-state index contributed by atoms with van der Waals surface area (Å²) in [5.74, 6) is 0.553. The molecule has 7 nitrogen and oxygen atoms in total. The molecule has 140 valence electrons. The van der Waals surface area contributed by atoms with E-state index in [-0.39, 0.29) is 6.04 Å². The fourth-order valence-corrected chi connectivity index (χ4v) is 2.76. The number of benzene rings is 1. The number of carbonyl (C=O) groups is 1. The summed E-state index contributed by atoms with van der Waals surface area (Å²) in [5.41, 5.74) is 14.5. The molecule has 1 amide bonds. The summed E-state index contributed by atoms with van der Waals surface area (Å²) < 4.78 is 10.1. The number of carbonyl (C=O) groups excluding carboxylic acids is 1. The zero-order chi connectivity index (χ0) is 18.9. The third-order valence-corrected chi connectivity index (χ3v) is 4.02. The quantitative estimate of drug-likeness (QED) is 0.468. The maximum Gasteiger partial charge on any atom is 0.404 e. The molecule has 0 saturated carbocycles. The highest BCUT2D eigenvalue weighted by Gasteiger charge is 2.15. The first kappa shape index (κ1) is 19.4. The second-order valence-corrected chi connectivity index (χ2v) is 6.04. The van der Waals surface area contributed by atoms with Gasteiger partial charge >= 0.3 is 6.09 Å². The highest BCUT2D eigenvalue weighted by molar-refractivity contribution is 5.88. The number of anilines is 2. The van der Waals surface area contributed by atoms with E-state index in [1.54, 1.807) is 13.3 Å². The Bertz CT molecular complexity index is 736. The van der Waals surface area contributed by atoms with Crippen molar-refractivity contribution < 1.29 is 14.3 Å². The Hall–Kier alpha value is -2.96. The highest BCUT2D eigenvalue weighted by Crippen LogP contribution is 2.37. The van der Waals surface area contributed by atoms with Crippen LogP contribution < -0.4 is 21.5 Å². The standard InChI is InChI=1S/C19H26N4O3/c1-13(7-3-4-12-26-19(21)24)23-17-14(8-5-10-16(17)20)15-9-6-11-22-18(15)25-2/h5-6,8-11,13,23H,3-4,7,12,20H2,1-2H3,(H2,21,24). The van der Waals surface area contributed by atoms with Crippen molar-refractivity contribution in [2.45, 2.75) is 32.2 Å². The van der Waals surface area contributed by atoms with Crippen LogP contribution in [0.1, 0.15) is 26.2 Å². The fraction of sp³-hybridized carbons (Fsp3) is 0.368. The van der Waals surface area contributed by atoms with Crippen LogP contribution in [0.2, 0.25) is 0 Å². The van der Waals surface area contributed by atoms with Crippen LogP contribution in [0.5, 0.6) is 5.88 Å². The minimum Gasteiger partial charge on any atom is -0.481 e. The first-order chi connectivity index (χ1) is 12.5. The van der Waals surface area contributed by atoms with Crippen LogP contribution >= 0.6 is 0 Å². The molecule has 2 rings (SSSR count). The van der Waals surface area contributed by atoms with Gasteiger partial charge in [-0.1, -0.05) is 12.1 Å². The smallest absolute Gasteiger partial charge is 0.404 e.